The van der Waals surface area contributed by atoms with Gasteiger partial charge in [-0.3, -0.25) is 4.79 Å². The van der Waals surface area contributed by atoms with Crippen LogP contribution in [0.4, 0.5) is 0 Å². The minimum Gasteiger partial charge on any atom is -0.467 e. The number of rotatable bonds is 4. The Morgan fingerprint density at radius 3 is 2.48 bits per heavy atom. The molecule has 1 spiro atoms. The molecule has 8 heteroatoms. The Bertz CT molecular complexity index is 496. The van der Waals surface area contributed by atoms with Gasteiger partial charge in [0, 0.05) is 13.0 Å². The Kier molecular flexibility index (Phi) is 6.85. The summed E-state index contributed by atoms with van der Waals surface area (Å²) >= 11 is 9.77. The van der Waals surface area contributed by atoms with Crippen LogP contribution in [-0.2, 0) is 14.3 Å². The summed E-state index contributed by atoms with van der Waals surface area (Å²) in [5, 5.41) is 0. The maximum absolute atomic E-state index is 13.3. The maximum Gasteiger partial charge on any atom is 0.328 e. The number of nitrogens with zero attached hydrogens (tertiary/aromatic N) is 1. The molecule has 5 nitrogen and oxygen atoms in total. The van der Waals surface area contributed by atoms with Gasteiger partial charge in [0.05, 0.1) is 11.2 Å². The first-order valence-corrected chi connectivity index (χ1v) is 11.5. The first-order valence-electron chi connectivity index (χ1n) is 9.12. The van der Waals surface area contributed by atoms with E-state index in [1.807, 2.05) is 23.5 Å². The summed E-state index contributed by atoms with van der Waals surface area (Å²) in [4.78, 5) is 30.1. The fraction of sp³-hybridized carbons (Fsp3) is 0.882. The van der Waals surface area contributed by atoms with Crippen LogP contribution < -0.4 is 4.84 Å². The van der Waals surface area contributed by atoms with E-state index in [-0.39, 0.29) is 21.9 Å². The summed E-state index contributed by atoms with van der Waals surface area (Å²) in [6.45, 7) is 0.600. The lowest BCUT2D eigenvalue weighted by Crippen LogP contribution is -2.52. The zero-order valence-electron chi connectivity index (χ0n) is 14.7. The molecular weight excluding hydrogens is 380 g/mol. The number of hydrogen-bond acceptors (Lipinski definition) is 6. The predicted octanol–water partition coefficient (Wildman–Crippen LogP) is 3.02. The molecule has 1 aliphatic carbocycles. The highest BCUT2D eigenvalue weighted by molar-refractivity contribution is 8.18. The second-order valence-electron chi connectivity index (χ2n) is 7.16. The number of halogens is 1. The van der Waals surface area contributed by atoms with Gasteiger partial charge in [0.25, 0.3) is 0 Å². The summed E-state index contributed by atoms with van der Waals surface area (Å²) < 4.78 is 4.93. The molecule has 2 saturated heterocycles. The number of thioether (sulfide) groups is 2. The molecule has 3 fully saturated rings. The van der Waals surface area contributed by atoms with Gasteiger partial charge in [-0.2, -0.15) is 0 Å². The number of carbonyl (C=O) groups is 2. The molecule has 1 unspecified atom stereocenters. The van der Waals surface area contributed by atoms with Gasteiger partial charge in [0.2, 0.25) is 5.91 Å². The highest BCUT2D eigenvalue weighted by atomic mass is 35.5. The van der Waals surface area contributed by atoms with Crippen LogP contribution >= 0.6 is 35.3 Å². The van der Waals surface area contributed by atoms with Crippen molar-refractivity contribution in [2.45, 2.75) is 61.1 Å². The number of methoxy groups -OCH3 is 1. The molecule has 2 aliphatic heterocycles. The van der Waals surface area contributed by atoms with E-state index < -0.39 is 12.1 Å². The summed E-state index contributed by atoms with van der Waals surface area (Å²) in [5.74, 6) is 2.07. The summed E-state index contributed by atoms with van der Waals surface area (Å²) in [6, 6.07) is -0.908. The summed E-state index contributed by atoms with van der Waals surface area (Å²) in [6.07, 6.45) is 7.39. The number of nitrogens with one attached hydrogen (secondary N) is 1. The van der Waals surface area contributed by atoms with E-state index in [0.717, 1.165) is 37.2 Å². The number of amides is 1. The molecule has 3 aliphatic rings. The molecule has 0 radical (unpaired) electrons. The number of esters is 1. The third kappa shape index (κ3) is 4.25. The van der Waals surface area contributed by atoms with Crippen LogP contribution in [0.3, 0.4) is 0 Å². The molecule has 1 saturated carbocycles. The standard InChI is InChI=1S/C17H27ClN2O3S2/c1-23-16(22)13-10-17(24-8-5-9-25-17)11-20(13)15(21)14(19-18)12-6-3-2-4-7-12/h12-14,19H,2-11H2,1H3/t13-,14?/m0/s1. The molecule has 142 valence electrons. The van der Waals surface area contributed by atoms with E-state index in [2.05, 4.69) is 4.84 Å². The molecule has 0 aromatic heterocycles. The summed E-state index contributed by atoms with van der Waals surface area (Å²) in [7, 11) is 1.40. The number of ether oxygens (including phenoxy) is 1. The molecule has 2 heterocycles. The topological polar surface area (TPSA) is 58.6 Å². The van der Waals surface area contributed by atoms with Crippen molar-refractivity contribution < 1.29 is 14.3 Å². The lowest BCUT2D eigenvalue weighted by atomic mass is 9.83. The van der Waals surface area contributed by atoms with E-state index in [0.29, 0.717) is 13.0 Å². The minimum atomic E-state index is -0.494. The number of hydrogen-bond donors (Lipinski definition) is 1. The van der Waals surface area contributed by atoms with E-state index in [9.17, 15) is 9.59 Å². The maximum atomic E-state index is 13.3. The van der Waals surface area contributed by atoms with Crippen LogP contribution in [0, 0.1) is 5.92 Å². The van der Waals surface area contributed by atoms with Gasteiger partial charge >= 0.3 is 5.97 Å². The van der Waals surface area contributed by atoms with Gasteiger partial charge in [0.1, 0.15) is 12.1 Å². The molecule has 2 atom stereocenters. The van der Waals surface area contributed by atoms with Crippen LogP contribution in [0.5, 0.6) is 0 Å². The largest absolute Gasteiger partial charge is 0.467 e. The van der Waals surface area contributed by atoms with Crippen molar-refractivity contribution in [1.29, 1.82) is 0 Å². The van der Waals surface area contributed by atoms with Crippen LogP contribution in [-0.4, -0.2) is 58.1 Å². The van der Waals surface area contributed by atoms with Crippen LogP contribution in [0.25, 0.3) is 0 Å². The third-order valence-corrected chi connectivity index (χ3v) is 9.14. The fourth-order valence-corrected chi connectivity index (χ4v) is 7.85. The number of likely N-dealkylation sites (tertiary alicyclic amines) is 1. The van der Waals surface area contributed by atoms with Gasteiger partial charge in [-0.05, 0) is 48.5 Å². The Morgan fingerprint density at radius 2 is 1.88 bits per heavy atom. The average Bonchev–Trinajstić information content (AvgIpc) is 3.02. The van der Waals surface area contributed by atoms with Gasteiger partial charge in [0.15, 0.2) is 0 Å². The Balaban J connectivity index is 1.78. The molecular formula is C17H27ClN2O3S2. The van der Waals surface area contributed by atoms with E-state index >= 15 is 0 Å². The van der Waals surface area contributed by atoms with Crippen LogP contribution in [0.1, 0.15) is 44.9 Å². The molecule has 3 rings (SSSR count). The smallest absolute Gasteiger partial charge is 0.328 e. The van der Waals surface area contributed by atoms with Gasteiger partial charge < -0.3 is 9.64 Å². The van der Waals surface area contributed by atoms with E-state index in [1.165, 1.54) is 20.0 Å². The molecule has 0 aromatic rings. The fourth-order valence-electron chi connectivity index (χ4n) is 4.23. The van der Waals surface area contributed by atoms with Crippen molar-refractivity contribution in [3.63, 3.8) is 0 Å². The van der Waals surface area contributed by atoms with Gasteiger partial charge in [-0.25, -0.2) is 9.63 Å². The molecule has 1 amide bonds. The van der Waals surface area contributed by atoms with Crippen molar-refractivity contribution in [3.8, 4) is 0 Å². The van der Waals surface area contributed by atoms with Gasteiger partial charge in [-0.15, -0.1) is 23.5 Å². The van der Waals surface area contributed by atoms with Crippen molar-refractivity contribution >= 4 is 47.2 Å². The highest BCUT2D eigenvalue weighted by Crippen LogP contribution is 2.50. The van der Waals surface area contributed by atoms with Crippen molar-refractivity contribution in [1.82, 2.24) is 9.74 Å². The predicted molar refractivity (Wildman–Crippen MR) is 104 cm³/mol. The Morgan fingerprint density at radius 1 is 1.20 bits per heavy atom. The third-order valence-electron chi connectivity index (χ3n) is 5.57. The molecule has 0 aromatic carbocycles. The normalized spacial score (nSPS) is 28.1. The SMILES string of the molecule is COC(=O)[C@@H]1CC2(CN1C(=O)C(NCl)C1CCCCC1)SCCCS2. The van der Waals surface area contributed by atoms with Crippen molar-refractivity contribution in [3.05, 3.63) is 0 Å². The second-order valence-corrected chi connectivity index (χ2v) is 10.6. The quantitative estimate of drug-likeness (QED) is 0.572. The first-order chi connectivity index (χ1) is 12.1. The monoisotopic (exact) mass is 406 g/mol. The van der Waals surface area contributed by atoms with Crippen LogP contribution in [0.2, 0.25) is 0 Å². The average molecular weight is 407 g/mol. The molecule has 25 heavy (non-hydrogen) atoms. The first kappa shape index (κ1) is 19.6. The van der Waals surface area contributed by atoms with Gasteiger partial charge in [-0.1, -0.05) is 19.3 Å². The summed E-state index contributed by atoms with van der Waals surface area (Å²) in [5.41, 5.74) is 0. The molecule has 1 N–H and O–H groups in total. The zero-order chi connectivity index (χ0) is 17.9. The van der Waals surface area contributed by atoms with Crippen molar-refractivity contribution in [2.24, 2.45) is 5.92 Å². The number of carbonyl (C=O) groups excluding carboxylic acids is 2. The lowest BCUT2D eigenvalue weighted by Gasteiger charge is -2.34. The molecule has 0 bridgehead atoms. The van der Waals surface area contributed by atoms with E-state index in [1.54, 1.807) is 4.90 Å². The van der Waals surface area contributed by atoms with Crippen LogP contribution in [0.15, 0.2) is 0 Å². The van der Waals surface area contributed by atoms with Crippen molar-refractivity contribution in [2.75, 3.05) is 25.2 Å². The minimum absolute atomic E-state index is 0.0408. The lowest BCUT2D eigenvalue weighted by molar-refractivity contribution is -0.152. The highest BCUT2D eigenvalue weighted by Gasteiger charge is 2.52. The zero-order valence-corrected chi connectivity index (χ0v) is 17.1. The van der Waals surface area contributed by atoms with E-state index in [4.69, 9.17) is 16.5 Å². The second kappa shape index (κ2) is 8.72. The Labute approximate surface area is 163 Å². The Hall–Kier alpha value is -0.110.